The van der Waals surface area contributed by atoms with Gasteiger partial charge in [0.2, 0.25) is 10.0 Å². The van der Waals surface area contributed by atoms with Crippen molar-refractivity contribution < 1.29 is 17.9 Å². The zero-order valence-electron chi connectivity index (χ0n) is 20.0. The van der Waals surface area contributed by atoms with Crippen LogP contribution in [0.1, 0.15) is 32.9 Å². The summed E-state index contributed by atoms with van der Waals surface area (Å²) < 4.78 is 35.0. The highest BCUT2D eigenvalue weighted by Crippen LogP contribution is 2.27. The minimum atomic E-state index is -3.60. The van der Waals surface area contributed by atoms with Crippen LogP contribution in [0, 0.1) is 27.7 Å². The lowest BCUT2D eigenvalue weighted by Gasteiger charge is -2.26. The minimum absolute atomic E-state index is 0.0553. The molecule has 0 N–H and O–H groups in total. The average molecular weight is 499 g/mol. The van der Waals surface area contributed by atoms with Gasteiger partial charge in [-0.3, -0.25) is 4.79 Å². The van der Waals surface area contributed by atoms with Gasteiger partial charge in [0.1, 0.15) is 0 Å². The first-order valence-electron chi connectivity index (χ1n) is 11.3. The van der Waals surface area contributed by atoms with Crippen LogP contribution >= 0.6 is 11.8 Å². The Labute approximate surface area is 206 Å². The molecule has 8 heteroatoms. The van der Waals surface area contributed by atoms with Gasteiger partial charge in [-0.15, -0.1) is 11.8 Å². The first kappa shape index (κ1) is 24.7. The predicted molar refractivity (Wildman–Crippen MR) is 136 cm³/mol. The Bertz CT molecular complexity index is 1320. The number of morpholine rings is 1. The first-order valence-corrected chi connectivity index (χ1v) is 13.7. The number of carbonyl (C=O) groups is 1. The number of rotatable bonds is 7. The third-order valence-electron chi connectivity index (χ3n) is 6.26. The van der Waals surface area contributed by atoms with Gasteiger partial charge in [0, 0.05) is 40.6 Å². The van der Waals surface area contributed by atoms with Crippen molar-refractivity contribution in [2.24, 2.45) is 0 Å². The van der Waals surface area contributed by atoms with Crippen LogP contribution in [0.5, 0.6) is 0 Å². The Hall–Kier alpha value is -2.39. The molecule has 0 spiro atoms. The van der Waals surface area contributed by atoms with E-state index in [1.54, 1.807) is 18.2 Å². The number of ether oxygens (including phenoxy) is 1. The number of aryl methyl sites for hydroxylation is 3. The number of Topliss-reactive ketones (excluding diaryl/α,β-unsaturated/α-hetero) is 1. The number of hydrogen-bond acceptors (Lipinski definition) is 5. The zero-order chi connectivity index (χ0) is 24.5. The fourth-order valence-corrected chi connectivity index (χ4v) is 6.52. The topological polar surface area (TPSA) is 68.6 Å². The normalized spacial score (nSPS) is 14.9. The Morgan fingerprint density at radius 1 is 0.971 bits per heavy atom. The second kappa shape index (κ2) is 10.1. The van der Waals surface area contributed by atoms with Crippen LogP contribution in [0.15, 0.2) is 58.3 Å². The largest absolute Gasteiger partial charge is 0.379 e. The lowest BCUT2D eigenvalue weighted by atomic mass is 10.1. The molecule has 34 heavy (non-hydrogen) atoms. The summed E-state index contributed by atoms with van der Waals surface area (Å²) in [5, 5.41) is 0. The molecule has 0 atom stereocenters. The van der Waals surface area contributed by atoms with Gasteiger partial charge in [0.25, 0.3) is 0 Å². The fraction of sp³-hybridized carbons (Fsp3) is 0.346. The predicted octanol–water partition coefficient (Wildman–Crippen LogP) is 4.71. The number of aromatic nitrogens is 1. The monoisotopic (exact) mass is 498 g/mol. The molecule has 1 aliphatic rings. The maximum Gasteiger partial charge on any atom is 0.243 e. The molecule has 1 aromatic heterocycles. The SMILES string of the molecule is Cc1ccc(SCC(=O)c2cc(C)n(-c3cccc(S(=O)(=O)N4CCOCC4)c3)c2C)cc1C. The molecule has 3 aromatic rings. The summed E-state index contributed by atoms with van der Waals surface area (Å²) in [5.41, 5.74) is 5.53. The van der Waals surface area contributed by atoms with Crippen LogP contribution in [-0.2, 0) is 14.8 Å². The number of carbonyl (C=O) groups excluding carboxylic acids is 1. The quantitative estimate of drug-likeness (QED) is 0.349. The molecule has 180 valence electrons. The van der Waals surface area contributed by atoms with Crippen molar-refractivity contribution in [3.63, 3.8) is 0 Å². The summed E-state index contributed by atoms with van der Waals surface area (Å²) in [5.74, 6) is 0.401. The lowest BCUT2D eigenvalue weighted by molar-refractivity contribution is 0.0730. The average Bonchev–Trinajstić information content (AvgIpc) is 3.14. The number of nitrogens with zero attached hydrogens (tertiary/aromatic N) is 2. The van der Waals surface area contributed by atoms with Crippen LogP contribution in [0.4, 0.5) is 0 Å². The van der Waals surface area contributed by atoms with Gasteiger partial charge in [-0.25, -0.2) is 8.42 Å². The van der Waals surface area contributed by atoms with E-state index in [2.05, 4.69) is 26.0 Å². The van der Waals surface area contributed by atoms with E-state index >= 15 is 0 Å². The van der Waals surface area contributed by atoms with Crippen molar-refractivity contribution in [2.75, 3.05) is 32.1 Å². The van der Waals surface area contributed by atoms with Crippen molar-refractivity contribution in [1.29, 1.82) is 0 Å². The van der Waals surface area contributed by atoms with E-state index in [4.69, 9.17) is 4.74 Å². The van der Waals surface area contributed by atoms with Crippen LogP contribution < -0.4 is 0 Å². The maximum atomic E-state index is 13.1. The molecule has 0 aliphatic carbocycles. The zero-order valence-corrected chi connectivity index (χ0v) is 21.6. The smallest absolute Gasteiger partial charge is 0.243 e. The summed E-state index contributed by atoms with van der Waals surface area (Å²) in [6, 6.07) is 15.0. The number of sulfonamides is 1. The van der Waals surface area contributed by atoms with Crippen molar-refractivity contribution in [2.45, 2.75) is 37.5 Å². The number of hydrogen-bond donors (Lipinski definition) is 0. The van der Waals surface area contributed by atoms with Gasteiger partial charge in [-0.1, -0.05) is 12.1 Å². The second-order valence-corrected chi connectivity index (χ2v) is 11.6. The lowest BCUT2D eigenvalue weighted by Crippen LogP contribution is -2.40. The minimum Gasteiger partial charge on any atom is -0.379 e. The first-order chi connectivity index (χ1) is 16.2. The van der Waals surface area contributed by atoms with Crippen molar-refractivity contribution >= 4 is 27.6 Å². The van der Waals surface area contributed by atoms with E-state index in [1.807, 2.05) is 36.6 Å². The summed E-state index contributed by atoms with van der Waals surface area (Å²) in [6.07, 6.45) is 0. The standard InChI is InChI=1S/C26H30N2O4S2/c1-18-8-9-23(14-19(18)2)33-17-26(29)25-15-20(3)28(21(25)4)22-6-5-7-24(16-22)34(30,31)27-10-12-32-13-11-27/h5-9,14-16H,10-13,17H2,1-4H3. The van der Waals surface area contributed by atoms with Crippen molar-refractivity contribution in [3.8, 4) is 5.69 Å². The molecule has 0 saturated carbocycles. The molecule has 1 saturated heterocycles. The Morgan fingerprint density at radius 2 is 1.71 bits per heavy atom. The Balaban J connectivity index is 1.58. The third-order valence-corrected chi connectivity index (χ3v) is 9.15. The molecule has 4 rings (SSSR count). The number of thioether (sulfide) groups is 1. The van der Waals surface area contributed by atoms with Crippen LogP contribution in [0.3, 0.4) is 0 Å². The highest BCUT2D eigenvalue weighted by Gasteiger charge is 2.27. The molecule has 6 nitrogen and oxygen atoms in total. The van der Waals surface area contributed by atoms with E-state index < -0.39 is 10.0 Å². The van der Waals surface area contributed by atoms with Gasteiger partial charge >= 0.3 is 0 Å². The van der Waals surface area contributed by atoms with E-state index in [9.17, 15) is 13.2 Å². The van der Waals surface area contributed by atoms with Crippen LogP contribution in [0.2, 0.25) is 0 Å². The summed E-state index contributed by atoms with van der Waals surface area (Å²) in [6.45, 7) is 9.50. The van der Waals surface area contributed by atoms with Crippen LogP contribution in [-0.4, -0.2) is 55.1 Å². The highest BCUT2D eigenvalue weighted by molar-refractivity contribution is 8.00. The van der Waals surface area contributed by atoms with Gasteiger partial charge < -0.3 is 9.30 Å². The molecule has 0 bridgehead atoms. The third kappa shape index (κ3) is 5.00. The molecule has 2 aromatic carbocycles. The van der Waals surface area contributed by atoms with Gasteiger partial charge in [-0.2, -0.15) is 4.31 Å². The summed E-state index contributed by atoms with van der Waals surface area (Å²) in [7, 11) is -3.60. The molecular weight excluding hydrogens is 468 g/mol. The molecule has 1 fully saturated rings. The van der Waals surface area contributed by atoms with E-state index in [0.29, 0.717) is 37.6 Å². The van der Waals surface area contributed by atoms with Crippen LogP contribution in [0.25, 0.3) is 5.69 Å². The maximum absolute atomic E-state index is 13.1. The van der Waals surface area contributed by atoms with E-state index in [1.165, 1.54) is 27.2 Å². The molecule has 2 heterocycles. The van der Waals surface area contributed by atoms with E-state index in [-0.39, 0.29) is 10.7 Å². The van der Waals surface area contributed by atoms with Gasteiger partial charge in [-0.05, 0) is 75.2 Å². The summed E-state index contributed by atoms with van der Waals surface area (Å²) >= 11 is 1.53. The Kier molecular flexibility index (Phi) is 7.33. The molecule has 0 radical (unpaired) electrons. The molecular formula is C26H30N2O4S2. The summed E-state index contributed by atoms with van der Waals surface area (Å²) in [4.78, 5) is 14.4. The van der Waals surface area contributed by atoms with Crippen molar-refractivity contribution in [3.05, 3.63) is 76.6 Å². The number of ketones is 1. The molecule has 0 unspecified atom stereocenters. The Morgan fingerprint density at radius 3 is 2.41 bits per heavy atom. The highest BCUT2D eigenvalue weighted by atomic mass is 32.2. The van der Waals surface area contributed by atoms with Crippen molar-refractivity contribution in [1.82, 2.24) is 8.87 Å². The molecule has 0 amide bonds. The second-order valence-electron chi connectivity index (χ2n) is 8.59. The number of benzene rings is 2. The molecule has 1 aliphatic heterocycles. The van der Waals surface area contributed by atoms with E-state index in [0.717, 1.165) is 22.0 Å². The van der Waals surface area contributed by atoms with Gasteiger partial charge in [0.15, 0.2) is 5.78 Å². The van der Waals surface area contributed by atoms with Gasteiger partial charge in [0.05, 0.1) is 23.9 Å². The fourth-order valence-electron chi connectivity index (χ4n) is 4.19.